The van der Waals surface area contributed by atoms with E-state index < -0.39 is 0 Å². The number of anilines is 1. The van der Waals surface area contributed by atoms with Crippen molar-refractivity contribution in [2.75, 3.05) is 11.4 Å². The maximum atomic E-state index is 12.7. The zero-order valence-electron chi connectivity index (χ0n) is 15.3. The summed E-state index contributed by atoms with van der Waals surface area (Å²) in [5.41, 5.74) is 3.94. The summed E-state index contributed by atoms with van der Waals surface area (Å²) in [5, 5.41) is 12.7. The van der Waals surface area contributed by atoms with Gasteiger partial charge in [0.05, 0.1) is 24.6 Å². The molecule has 3 aromatic rings. The Morgan fingerprint density at radius 2 is 1.86 bits per heavy atom. The van der Waals surface area contributed by atoms with E-state index >= 15 is 0 Å². The lowest BCUT2D eigenvalue weighted by molar-refractivity contribution is -0.112. The zero-order chi connectivity index (χ0) is 19.3. The van der Waals surface area contributed by atoms with Gasteiger partial charge >= 0.3 is 0 Å². The van der Waals surface area contributed by atoms with Crippen LogP contribution in [0.2, 0.25) is 0 Å². The number of nitrogens with zero attached hydrogens (tertiary/aromatic N) is 5. The number of fused-ring (bicyclic) bond motifs is 1. The van der Waals surface area contributed by atoms with Crippen molar-refractivity contribution in [2.45, 2.75) is 6.54 Å². The average molecular weight is 369 g/mol. The highest BCUT2D eigenvalue weighted by Gasteiger charge is 2.32. The molecule has 0 unspecified atom stereocenters. The first-order valence-electron chi connectivity index (χ1n) is 8.96. The molecule has 0 aliphatic carbocycles. The molecule has 1 aliphatic rings. The van der Waals surface area contributed by atoms with Gasteiger partial charge in [0.15, 0.2) is 5.71 Å². The van der Waals surface area contributed by atoms with Crippen LogP contribution in [-0.4, -0.2) is 34.2 Å². The van der Waals surface area contributed by atoms with Gasteiger partial charge < -0.3 is 4.90 Å². The normalized spacial score (nSPS) is 14.8. The van der Waals surface area contributed by atoms with E-state index in [1.54, 1.807) is 23.4 Å². The number of hydrogen-bond acceptors (Lipinski definition) is 4. The minimum atomic E-state index is -0.168. The van der Waals surface area contributed by atoms with Gasteiger partial charge in [-0.25, -0.2) is 0 Å². The molecule has 4 rings (SSSR count). The molecular weight excluding hydrogens is 350 g/mol. The summed E-state index contributed by atoms with van der Waals surface area (Å²) in [7, 11) is 0. The minimum Gasteiger partial charge on any atom is -0.302 e. The first-order chi connectivity index (χ1) is 13.8. The summed E-state index contributed by atoms with van der Waals surface area (Å²) in [6.07, 6.45) is 6.92. The molecule has 0 radical (unpaired) electrons. The van der Waals surface area contributed by atoms with Crippen molar-refractivity contribution < 1.29 is 4.79 Å². The van der Waals surface area contributed by atoms with E-state index in [1.165, 1.54) is 5.56 Å². The summed E-state index contributed by atoms with van der Waals surface area (Å²) in [6.45, 7) is 4.84. The Kier molecular flexibility index (Phi) is 4.93. The third-order valence-electron chi connectivity index (χ3n) is 4.41. The van der Waals surface area contributed by atoms with Crippen LogP contribution >= 0.6 is 0 Å². The molecule has 2 heterocycles. The van der Waals surface area contributed by atoms with Crippen LogP contribution in [0.5, 0.6) is 0 Å². The summed E-state index contributed by atoms with van der Waals surface area (Å²) in [4.78, 5) is 14.3. The van der Waals surface area contributed by atoms with Crippen LogP contribution in [0.25, 0.3) is 0 Å². The Morgan fingerprint density at radius 3 is 2.68 bits per heavy atom. The summed E-state index contributed by atoms with van der Waals surface area (Å²) in [5.74, 6) is -0.168. The topological polar surface area (TPSA) is 62.9 Å². The van der Waals surface area contributed by atoms with Crippen molar-refractivity contribution in [1.29, 1.82) is 0 Å². The Morgan fingerprint density at radius 1 is 1.07 bits per heavy atom. The highest BCUT2D eigenvalue weighted by atomic mass is 16.2. The van der Waals surface area contributed by atoms with Gasteiger partial charge in [-0.15, -0.1) is 11.7 Å². The molecule has 0 atom stereocenters. The highest BCUT2D eigenvalue weighted by molar-refractivity contribution is 6.54. The second-order valence-corrected chi connectivity index (χ2v) is 6.37. The van der Waals surface area contributed by atoms with Crippen LogP contribution in [0.4, 0.5) is 5.69 Å². The monoisotopic (exact) mass is 369 g/mol. The van der Waals surface area contributed by atoms with Gasteiger partial charge in [-0.3, -0.25) is 9.48 Å². The van der Waals surface area contributed by atoms with E-state index in [2.05, 4.69) is 34.0 Å². The molecule has 0 saturated carbocycles. The predicted molar refractivity (Wildman–Crippen MR) is 111 cm³/mol. The van der Waals surface area contributed by atoms with E-state index in [-0.39, 0.29) is 5.91 Å². The molecule has 138 valence electrons. The summed E-state index contributed by atoms with van der Waals surface area (Å²) >= 11 is 0. The molecule has 1 amide bonds. The van der Waals surface area contributed by atoms with Crippen molar-refractivity contribution in [3.05, 3.63) is 96.3 Å². The van der Waals surface area contributed by atoms with E-state index in [4.69, 9.17) is 0 Å². The smallest absolute Gasteiger partial charge is 0.279 e. The molecule has 0 saturated heterocycles. The standard InChI is InChI=1S/C22H19N5O/c1-2-12-27-20-11-7-6-10-19(20)21(22(27)28)25-23-13-18-14-24-26(16-18)15-17-8-4-3-5-9-17/h2-11,13-14,16H,1,12,15H2/b23-13-,25-21+. The molecular formula is C22H19N5O. The van der Waals surface area contributed by atoms with Crippen LogP contribution < -0.4 is 4.90 Å². The summed E-state index contributed by atoms with van der Waals surface area (Å²) in [6, 6.07) is 17.7. The van der Waals surface area contributed by atoms with Gasteiger partial charge in [-0.1, -0.05) is 54.6 Å². The minimum absolute atomic E-state index is 0.168. The van der Waals surface area contributed by atoms with Gasteiger partial charge in [-0.05, 0) is 11.6 Å². The predicted octanol–water partition coefficient (Wildman–Crippen LogP) is 3.29. The fraction of sp³-hybridized carbons (Fsp3) is 0.0909. The first kappa shape index (κ1) is 17.6. The third-order valence-corrected chi connectivity index (χ3v) is 4.41. The van der Waals surface area contributed by atoms with Crippen LogP contribution in [0, 0.1) is 0 Å². The molecule has 2 aromatic carbocycles. The Bertz CT molecular complexity index is 1070. The van der Waals surface area contributed by atoms with Crippen molar-refractivity contribution >= 4 is 23.5 Å². The molecule has 0 N–H and O–H groups in total. The number of para-hydroxylation sites is 1. The van der Waals surface area contributed by atoms with Gasteiger partial charge in [0.2, 0.25) is 0 Å². The van der Waals surface area contributed by atoms with E-state index in [0.29, 0.717) is 18.8 Å². The van der Waals surface area contributed by atoms with Crippen LogP contribution in [0.15, 0.2) is 89.8 Å². The van der Waals surface area contributed by atoms with Crippen molar-refractivity contribution in [1.82, 2.24) is 9.78 Å². The van der Waals surface area contributed by atoms with E-state index in [9.17, 15) is 4.79 Å². The lowest BCUT2D eigenvalue weighted by Crippen LogP contribution is -2.30. The Hall–Kier alpha value is -3.80. The van der Waals surface area contributed by atoms with Crippen LogP contribution in [-0.2, 0) is 11.3 Å². The molecule has 6 nitrogen and oxygen atoms in total. The molecule has 1 aromatic heterocycles. The fourth-order valence-electron chi connectivity index (χ4n) is 3.13. The number of carbonyl (C=O) groups is 1. The first-order valence-corrected chi connectivity index (χ1v) is 8.96. The van der Waals surface area contributed by atoms with Gasteiger partial charge in [-0.2, -0.15) is 10.2 Å². The maximum absolute atomic E-state index is 12.7. The quantitative estimate of drug-likeness (QED) is 0.380. The largest absolute Gasteiger partial charge is 0.302 e. The SMILES string of the molecule is C=CCN1C(=O)/C(=N/N=C\c2cnn(Cc3ccccc3)c2)c2ccccc21. The Balaban J connectivity index is 1.52. The number of hydrogen-bond donors (Lipinski definition) is 0. The fourth-order valence-corrected chi connectivity index (χ4v) is 3.13. The van der Waals surface area contributed by atoms with Gasteiger partial charge in [0, 0.05) is 23.9 Å². The van der Waals surface area contributed by atoms with Gasteiger partial charge in [0.25, 0.3) is 5.91 Å². The lowest BCUT2D eigenvalue weighted by atomic mass is 10.1. The summed E-state index contributed by atoms with van der Waals surface area (Å²) < 4.78 is 1.84. The second kappa shape index (κ2) is 7.84. The molecule has 0 spiro atoms. The molecule has 28 heavy (non-hydrogen) atoms. The Labute approximate surface area is 163 Å². The van der Waals surface area contributed by atoms with Crippen molar-refractivity contribution in [2.24, 2.45) is 10.2 Å². The van der Waals surface area contributed by atoms with Crippen molar-refractivity contribution in [3.63, 3.8) is 0 Å². The van der Waals surface area contributed by atoms with Gasteiger partial charge in [0.1, 0.15) is 0 Å². The molecule has 1 aliphatic heterocycles. The van der Waals surface area contributed by atoms with Crippen LogP contribution in [0.3, 0.4) is 0 Å². The lowest BCUT2D eigenvalue weighted by Gasteiger charge is -2.13. The zero-order valence-corrected chi connectivity index (χ0v) is 15.3. The highest BCUT2D eigenvalue weighted by Crippen LogP contribution is 2.28. The number of rotatable bonds is 6. The molecule has 0 bridgehead atoms. The van der Waals surface area contributed by atoms with Crippen molar-refractivity contribution in [3.8, 4) is 0 Å². The second-order valence-electron chi connectivity index (χ2n) is 6.37. The maximum Gasteiger partial charge on any atom is 0.279 e. The molecule has 6 heteroatoms. The number of amides is 1. The third kappa shape index (κ3) is 3.53. The number of carbonyl (C=O) groups excluding carboxylic acids is 1. The molecule has 0 fully saturated rings. The van der Waals surface area contributed by atoms with E-state index in [1.807, 2.05) is 53.3 Å². The number of aromatic nitrogens is 2. The number of benzene rings is 2. The average Bonchev–Trinajstić information content (AvgIpc) is 3.27. The van der Waals surface area contributed by atoms with E-state index in [0.717, 1.165) is 16.8 Å². The van der Waals surface area contributed by atoms with Crippen LogP contribution in [0.1, 0.15) is 16.7 Å².